The molecular formula is C16H34O2. The molecule has 0 aromatic carbocycles. The molecule has 0 aromatic rings. The largest absolute Gasteiger partial charge is 0.396 e. The Morgan fingerprint density at radius 2 is 1.06 bits per heavy atom. The van der Waals surface area contributed by atoms with Gasteiger partial charge in [0.25, 0.3) is 0 Å². The molecule has 0 atom stereocenters. The van der Waals surface area contributed by atoms with Crippen LogP contribution in [-0.2, 0) is 0 Å². The summed E-state index contributed by atoms with van der Waals surface area (Å²) in [4.78, 5) is 0. The average molecular weight is 258 g/mol. The molecule has 2 heteroatoms. The Morgan fingerprint density at radius 3 is 1.44 bits per heavy atom. The van der Waals surface area contributed by atoms with E-state index in [0.29, 0.717) is 13.2 Å². The third kappa shape index (κ3) is 12.4. The molecule has 110 valence electrons. The summed E-state index contributed by atoms with van der Waals surface area (Å²) in [6.07, 6.45) is 14.9. The van der Waals surface area contributed by atoms with Crippen molar-refractivity contribution < 1.29 is 10.2 Å². The smallest absolute Gasteiger partial charge is 0.0431 e. The second-order valence-corrected chi connectivity index (χ2v) is 5.51. The van der Waals surface area contributed by atoms with Crippen molar-refractivity contribution in [3.63, 3.8) is 0 Å². The van der Waals surface area contributed by atoms with E-state index in [2.05, 4.69) is 6.92 Å². The van der Waals surface area contributed by atoms with Crippen LogP contribution in [0.5, 0.6) is 0 Å². The molecule has 0 heterocycles. The molecule has 0 aliphatic heterocycles. The lowest BCUT2D eigenvalue weighted by Crippen LogP contribution is -2.02. The number of hydrogen-bond acceptors (Lipinski definition) is 2. The standard InChI is InChI=1S/C16H34O2/c1-2-3-6-11-16(12-7-4-9-14-17)13-8-5-10-15-18/h16-18H,2-15H2,1H3. The maximum atomic E-state index is 8.78. The Hall–Kier alpha value is -0.0800. The lowest BCUT2D eigenvalue weighted by molar-refractivity contribution is 0.273. The van der Waals surface area contributed by atoms with Crippen molar-refractivity contribution in [3.8, 4) is 0 Å². The maximum absolute atomic E-state index is 8.78. The molecule has 0 saturated carbocycles. The quantitative estimate of drug-likeness (QED) is 0.456. The fourth-order valence-electron chi connectivity index (χ4n) is 2.56. The highest BCUT2D eigenvalue weighted by Crippen LogP contribution is 2.23. The van der Waals surface area contributed by atoms with Gasteiger partial charge in [-0.1, -0.05) is 71.1 Å². The number of rotatable bonds is 14. The Bertz CT molecular complexity index is 136. The molecule has 0 saturated heterocycles. The third-order valence-electron chi connectivity index (χ3n) is 3.76. The van der Waals surface area contributed by atoms with Crippen LogP contribution in [0.4, 0.5) is 0 Å². The Kier molecular flexibility index (Phi) is 14.9. The van der Waals surface area contributed by atoms with Crippen molar-refractivity contribution in [1.29, 1.82) is 0 Å². The Morgan fingerprint density at radius 1 is 0.611 bits per heavy atom. The maximum Gasteiger partial charge on any atom is 0.0431 e. The predicted octanol–water partition coefficient (Wildman–Crippen LogP) is 4.29. The first-order valence-corrected chi connectivity index (χ1v) is 8.06. The van der Waals surface area contributed by atoms with Crippen LogP contribution in [0.25, 0.3) is 0 Å². The van der Waals surface area contributed by atoms with Gasteiger partial charge in [-0.2, -0.15) is 0 Å². The molecule has 0 unspecified atom stereocenters. The van der Waals surface area contributed by atoms with Crippen LogP contribution in [0.3, 0.4) is 0 Å². The van der Waals surface area contributed by atoms with Crippen molar-refractivity contribution in [2.24, 2.45) is 5.92 Å². The fraction of sp³-hybridized carbons (Fsp3) is 1.00. The van der Waals surface area contributed by atoms with Gasteiger partial charge in [0.2, 0.25) is 0 Å². The molecule has 0 spiro atoms. The average Bonchev–Trinajstić information content (AvgIpc) is 2.39. The molecule has 2 nitrogen and oxygen atoms in total. The van der Waals surface area contributed by atoms with Crippen molar-refractivity contribution in [3.05, 3.63) is 0 Å². The van der Waals surface area contributed by atoms with Gasteiger partial charge in [-0.25, -0.2) is 0 Å². The fourth-order valence-corrected chi connectivity index (χ4v) is 2.56. The van der Waals surface area contributed by atoms with E-state index in [1.54, 1.807) is 0 Å². The van der Waals surface area contributed by atoms with Gasteiger partial charge >= 0.3 is 0 Å². The molecule has 0 aliphatic rings. The SMILES string of the molecule is CCCCCC(CCCCCO)CCCCCO. The zero-order valence-corrected chi connectivity index (χ0v) is 12.4. The van der Waals surface area contributed by atoms with Crippen LogP contribution in [0.2, 0.25) is 0 Å². The zero-order valence-electron chi connectivity index (χ0n) is 12.4. The zero-order chi connectivity index (χ0) is 13.5. The van der Waals surface area contributed by atoms with E-state index < -0.39 is 0 Å². The number of aliphatic hydroxyl groups excluding tert-OH is 2. The summed E-state index contributed by atoms with van der Waals surface area (Å²) in [5, 5.41) is 17.6. The monoisotopic (exact) mass is 258 g/mol. The lowest BCUT2D eigenvalue weighted by atomic mass is 9.90. The van der Waals surface area contributed by atoms with Gasteiger partial charge in [-0.3, -0.25) is 0 Å². The topological polar surface area (TPSA) is 40.5 Å². The molecule has 0 aliphatic carbocycles. The second kappa shape index (κ2) is 15.0. The van der Waals surface area contributed by atoms with Crippen molar-refractivity contribution in [2.75, 3.05) is 13.2 Å². The van der Waals surface area contributed by atoms with Crippen molar-refractivity contribution >= 4 is 0 Å². The van der Waals surface area contributed by atoms with Crippen LogP contribution in [0.15, 0.2) is 0 Å². The van der Waals surface area contributed by atoms with E-state index in [-0.39, 0.29) is 0 Å². The van der Waals surface area contributed by atoms with Gasteiger partial charge < -0.3 is 10.2 Å². The van der Waals surface area contributed by atoms with Crippen LogP contribution in [-0.4, -0.2) is 23.4 Å². The number of aliphatic hydroxyl groups is 2. The molecule has 0 radical (unpaired) electrons. The third-order valence-corrected chi connectivity index (χ3v) is 3.76. The minimum absolute atomic E-state index is 0.344. The molecule has 2 N–H and O–H groups in total. The van der Waals surface area contributed by atoms with Gasteiger partial charge in [-0.15, -0.1) is 0 Å². The highest BCUT2D eigenvalue weighted by Gasteiger charge is 2.08. The van der Waals surface area contributed by atoms with Crippen LogP contribution < -0.4 is 0 Å². The van der Waals surface area contributed by atoms with E-state index >= 15 is 0 Å². The highest BCUT2D eigenvalue weighted by molar-refractivity contribution is 4.61. The lowest BCUT2D eigenvalue weighted by Gasteiger charge is -2.16. The van der Waals surface area contributed by atoms with Gasteiger partial charge in [0.05, 0.1) is 0 Å². The summed E-state index contributed by atoms with van der Waals surface area (Å²) >= 11 is 0. The van der Waals surface area contributed by atoms with Crippen molar-refractivity contribution in [2.45, 2.75) is 84.0 Å². The summed E-state index contributed by atoms with van der Waals surface area (Å²) in [6.45, 7) is 2.95. The molecule has 18 heavy (non-hydrogen) atoms. The van der Waals surface area contributed by atoms with E-state index in [1.807, 2.05) is 0 Å². The van der Waals surface area contributed by atoms with Crippen LogP contribution in [0.1, 0.15) is 84.0 Å². The molecule has 0 amide bonds. The normalized spacial score (nSPS) is 11.3. The van der Waals surface area contributed by atoms with E-state index in [9.17, 15) is 0 Å². The van der Waals surface area contributed by atoms with Gasteiger partial charge in [-0.05, 0) is 18.8 Å². The van der Waals surface area contributed by atoms with Gasteiger partial charge in [0, 0.05) is 13.2 Å². The van der Waals surface area contributed by atoms with E-state index in [1.165, 1.54) is 64.2 Å². The highest BCUT2D eigenvalue weighted by atomic mass is 16.3. The minimum Gasteiger partial charge on any atom is -0.396 e. The molecule has 0 aromatic heterocycles. The number of hydrogen-bond donors (Lipinski definition) is 2. The van der Waals surface area contributed by atoms with Gasteiger partial charge in [0.15, 0.2) is 0 Å². The van der Waals surface area contributed by atoms with E-state index in [4.69, 9.17) is 10.2 Å². The van der Waals surface area contributed by atoms with Crippen molar-refractivity contribution in [1.82, 2.24) is 0 Å². The van der Waals surface area contributed by atoms with Gasteiger partial charge in [0.1, 0.15) is 0 Å². The summed E-state index contributed by atoms with van der Waals surface area (Å²) in [5.74, 6) is 0.883. The van der Waals surface area contributed by atoms with E-state index in [0.717, 1.165) is 18.8 Å². The Labute approximate surface area is 114 Å². The number of unbranched alkanes of at least 4 members (excludes halogenated alkanes) is 6. The molecule has 0 fully saturated rings. The molecular weight excluding hydrogens is 224 g/mol. The summed E-state index contributed by atoms with van der Waals surface area (Å²) in [5.41, 5.74) is 0. The molecule has 0 bridgehead atoms. The second-order valence-electron chi connectivity index (χ2n) is 5.51. The minimum atomic E-state index is 0.344. The van der Waals surface area contributed by atoms with Crippen LogP contribution in [0, 0.1) is 5.92 Å². The summed E-state index contributed by atoms with van der Waals surface area (Å²) in [6, 6.07) is 0. The summed E-state index contributed by atoms with van der Waals surface area (Å²) < 4.78 is 0. The summed E-state index contributed by atoms with van der Waals surface area (Å²) in [7, 11) is 0. The first-order valence-electron chi connectivity index (χ1n) is 8.06. The Balaban J connectivity index is 3.62. The first kappa shape index (κ1) is 17.9. The van der Waals surface area contributed by atoms with Crippen LogP contribution >= 0.6 is 0 Å². The first-order chi connectivity index (χ1) is 8.85. The molecule has 0 rings (SSSR count). The predicted molar refractivity (Wildman–Crippen MR) is 78.7 cm³/mol.